The molecule has 6 atom stereocenters. The van der Waals surface area contributed by atoms with Gasteiger partial charge in [0.1, 0.15) is 30.0 Å². The lowest BCUT2D eigenvalue weighted by Gasteiger charge is -2.26. The highest BCUT2D eigenvalue weighted by atomic mass is 31.2. The van der Waals surface area contributed by atoms with Gasteiger partial charge in [0.25, 0.3) is 0 Å². The summed E-state index contributed by atoms with van der Waals surface area (Å²) in [6.45, 7) is 8.84. The number of nitrogens with two attached hydrogens (primary N) is 1. The van der Waals surface area contributed by atoms with E-state index in [1.54, 1.807) is 44.2 Å². The number of ether oxygens (including phenoxy) is 3. The maximum atomic E-state index is 14.1. The molecule has 0 bridgehead atoms. The van der Waals surface area contributed by atoms with Crippen LogP contribution in [-0.4, -0.2) is 68.7 Å². The maximum Gasteiger partial charge on any atom is 0.459 e. The minimum absolute atomic E-state index is 0.0732. The molecule has 2 aromatic heterocycles. The number of carbonyl (C=O) groups is 1. The average molecular weight is 674 g/mol. The number of rotatable bonds is 17. The van der Waals surface area contributed by atoms with Crippen LogP contribution < -0.4 is 20.1 Å². The minimum Gasteiger partial charge on any atom is -0.476 e. The van der Waals surface area contributed by atoms with Gasteiger partial charge in [-0.25, -0.2) is 14.6 Å². The van der Waals surface area contributed by atoms with Crippen molar-refractivity contribution in [1.82, 2.24) is 24.6 Å². The van der Waals surface area contributed by atoms with E-state index in [1.165, 1.54) is 17.8 Å². The average Bonchev–Trinajstić information content (AvgIpc) is 3.57. The quantitative estimate of drug-likeness (QED) is 0.133. The van der Waals surface area contributed by atoms with Gasteiger partial charge < -0.3 is 29.6 Å². The maximum absolute atomic E-state index is 14.1. The van der Waals surface area contributed by atoms with Gasteiger partial charge in [-0.05, 0) is 45.7 Å². The van der Waals surface area contributed by atoms with Crippen molar-refractivity contribution in [2.75, 3.05) is 25.6 Å². The number of anilines is 1. The Balaban J connectivity index is 1.53. The molecule has 256 valence electrons. The number of fused-ring (bicyclic) bond motifs is 1. The summed E-state index contributed by atoms with van der Waals surface area (Å²) in [6.07, 6.45) is 0.953. The number of aliphatic hydroxyl groups excluding tert-OH is 1. The molecule has 4 rings (SSSR count). The fourth-order valence-corrected chi connectivity index (χ4v) is 6.96. The number of nitriles is 1. The zero-order valence-electron chi connectivity index (χ0n) is 27.4. The monoisotopic (exact) mass is 673 g/mol. The van der Waals surface area contributed by atoms with Crippen molar-refractivity contribution in [3.05, 3.63) is 36.7 Å². The van der Waals surface area contributed by atoms with Crippen LogP contribution >= 0.6 is 7.75 Å². The molecule has 1 fully saturated rings. The Morgan fingerprint density at radius 2 is 1.94 bits per heavy atom. The number of benzene rings is 1. The summed E-state index contributed by atoms with van der Waals surface area (Å²) in [7, 11) is -4.16. The van der Waals surface area contributed by atoms with E-state index in [0.717, 1.165) is 25.7 Å². The van der Waals surface area contributed by atoms with Crippen molar-refractivity contribution >= 4 is 30.8 Å². The van der Waals surface area contributed by atoms with Crippen molar-refractivity contribution in [2.24, 2.45) is 11.3 Å². The van der Waals surface area contributed by atoms with Crippen molar-refractivity contribution in [3.8, 4) is 17.7 Å². The van der Waals surface area contributed by atoms with Crippen LogP contribution in [0, 0.1) is 22.7 Å². The number of hydrogen-bond acceptors (Lipinski definition) is 13. The van der Waals surface area contributed by atoms with Crippen molar-refractivity contribution in [3.63, 3.8) is 0 Å². The number of carbonyl (C=O) groups excluding carboxylic acids is 1. The summed E-state index contributed by atoms with van der Waals surface area (Å²) in [6, 6.07) is 9.94. The van der Waals surface area contributed by atoms with Crippen LogP contribution in [0.5, 0.6) is 11.6 Å². The van der Waals surface area contributed by atoms with Crippen molar-refractivity contribution in [1.29, 1.82) is 5.26 Å². The van der Waals surface area contributed by atoms with Gasteiger partial charge in [0, 0.05) is 6.04 Å². The summed E-state index contributed by atoms with van der Waals surface area (Å²) in [5.41, 5.74) is 4.94. The van der Waals surface area contributed by atoms with E-state index in [0.29, 0.717) is 12.1 Å². The lowest BCUT2D eigenvalue weighted by atomic mass is 9.84. The largest absolute Gasteiger partial charge is 0.476 e. The first-order chi connectivity index (χ1) is 22.5. The molecule has 0 saturated carbocycles. The van der Waals surface area contributed by atoms with Crippen molar-refractivity contribution in [2.45, 2.75) is 84.8 Å². The number of nitrogen functional groups attached to an aromatic ring is 1. The van der Waals surface area contributed by atoms with E-state index >= 15 is 0 Å². The van der Waals surface area contributed by atoms with E-state index in [-0.39, 0.29) is 41.7 Å². The first kappa shape index (κ1) is 36.0. The summed E-state index contributed by atoms with van der Waals surface area (Å²) in [5.74, 6) is -0.152. The Labute approximate surface area is 274 Å². The number of esters is 1. The SMILES string of the molecule is CCCC(CCC)C(=O)OC[C@H](C)NP(=O)(OC[C@H]1O[C@@H](n2cnc3c(OCC)nc(N)nc32)[C@](C)(C#N)[C@@H]1O)Oc1ccccc1. The number of nitrogens with zero attached hydrogens (tertiary/aromatic N) is 5. The first-order valence-corrected chi connectivity index (χ1v) is 17.3. The summed E-state index contributed by atoms with van der Waals surface area (Å²) in [4.78, 5) is 25.4. The molecule has 1 unspecified atom stereocenters. The second kappa shape index (κ2) is 15.9. The van der Waals surface area contributed by atoms with E-state index < -0.39 is 44.2 Å². The third-order valence-electron chi connectivity index (χ3n) is 7.80. The highest BCUT2D eigenvalue weighted by Crippen LogP contribution is 2.49. The normalized spacial score (nSPS) is 22.9. The van der Waals surface area contributed by atoms with Gasteiger partial charge in [-0.3, -0.25) is 13.9 Å². The molecule has 15 nitrogen and oxygen atoms in total. The Hall–Kier alpha value is -3.80. The number of aromatic nitrogens is 4. The molecular formula is C31H44N7O8P. The molecule has 1 aromatic carbocycles. The van der Waals surface area contributed by atoms with Crippen LogP contribution in [0.15, 0.2) is 36.7 Å². The number of para-hydroxylation sites is 1. The molecule has 3 aromatic rings. The Morgan fingerprint density at radius 1 is 1.23 bits per heavy atom. The highest BCUT2D eigenvalue weighted by molar-refractivity contribution is 7.52. The molecule has 1 aliphatic heterocycles. The van der Waals surface area contributed by atoms with Gasteiger partial charge in [0.05, 0.1) is 31.5 Å². The molecule has 0 radical (unpaired) electrons. The van der Waals surface area contributed by atoms with E-state index in [1.807, 2.05) is 13.8 Å². The topological polar surface area (TPSA) is 206 Å². The zero-order chi connectivity index (χ0) is 34.2. The fraction of sp³-hybridized carbons (Fsp3) is 0.581. The second-order valence-corrected chi connectivity index (χ2v) is 13.3. The fourth-order valence-electron chi connectivity index (χ4n) is 5.43. The van der Waals surface area contributed by atoms with Gasteiger partial charge in [0.2, 0.25) is 11.8 Å². The lowest BCUT2D eigenvalue weighted by molar-refractivity contribution is -0.149. The molecule has 0 aliphatic carbocycles. The number of hydrogen-bond donors (Lipinski definition) is 3. The number of imidazole rings is 1. The number of nitrogens with one attached hydrogen (secondary N) is 1. The molecule has 47 heavy (non-hydrogen) atoms. The van der Waals surface area contributed by atoms with Crippen LogP contribution in [0.25, 0.3) is 11.2 Å². The second-order valence-electron chi connectivity index (χ2n) is 11.6. The summed E-state index contributed by atoms with van der Waals surface area (Å²) < 4.78 is 44.6. The van der Waals surface area contributed by atoms with E-state index in [2.05, 4.69) is 26.1 Å². The predicted octanol–water partition coefficient (Wildman–Crippen LogP) is 4.54. The van der Waals surface area contributed by atoms with Gasteiger partial charge in [0.15, 0.2) is 17.4 Å². The predicted molar refractivity (Wildman–Crippen MR) is 172 cm³/mol. The van der Waals surface area contributed by atoms with Crippen LogP contribution in [0.3, 0.4) is 0 Å². The molecule has 0 spiro atoms. The molecule has 3 heterocycles. The van der Waals surface area contributed by atoms with Crippen LogP contribution in [0.4, 0.5) is 5.95 Å². The number of aliphatic hydroxyl groups is 1. The van der Waals surface area contributed by atoms with E-state index in [9.17, 15) is 19.7 Å². The Morgan fingerprint density at radius 3 is 2.57 bits per heavy atom. The summed E-state index contributed by atoms with van der Waals surface area (Å²) >= 11 is 0. The van der Waals surface area contributed by atoms with Crippen molar-refractivity contribution < 1.29 is 37.7 Å². The van der Waals surface area contributed by atoms with Crippen LogP contribution in [-0.2, 0) is 23.4 Å². The molecule has 1 saturated heterocycles. The molecule has 4 N–H and O–H groups in total. The highest BCUT2D eigenvalue weighted by Gasteiger charge is 2.55. The van der Waals surface area contributed by atoms with Gasteiger partial charge in [-0.1, -0.05) is 44.9 Å². The van der Waals surface area contributed by atoms with Gasteiger partial charge >= 0.3 is 13.7 Å². The molecule has 16 heteroatoms. The zero-order valence-corrected chi connectivity index (χ0v) is 28.3. The Kier molecular flexibility index (Phi) is 12.2. The van der Waals surface area contributed by atoms with Crippen LogP contribution in [0.2, 0.25) is 0 Å². The van der Waals surface area contributed by atoms with Crippen LogP contribution in [0.1, 0.15) is 66.5 Å². The molecular weight excluding hydrogens is 629 g/mol. The first-order valence-electron chi connectivity index (χ1n) is 15.8. The molecule has 0 amide bonds. The van der Waals surface area contributed by atoms with E-state index in [4.69, 9.17) is 29.0 Å². The standard InChI is InChI=1S/C31H44N7O8P/c1-6-12-21(13-7-2)28(40)43-16-20(4)37-47(41,46-22-14-10-9-11-15-22)44-17-23-25(39)31(5,18-32)29(45-23)38-19-34-24-26(38)35-30(33)36-27(24)42-8-3/h9-11,14-15,19-21,23,25,29,39H,6-8,12-13,16-17H2,1-5H3,(H,37,41)(H2,33,35,36)/t20-,23+,25+,29+,31+,47?/m0/s1. The third kappa shape index (κ3) is 8.38. The lowest BCUT2D eigenvalue weighted by Crippen LogP contribution is -2.38. The molecule has 1 aliphatic rings. The summed E-state index contributed by atoms with van der Waals surface area (Å²) in [5, 5.41) is 24.4. The van der Waals surface area contributed by atoms with Gasteiger partial charge in [-0.2, -0.15) is 15.2 Å². The smallest absolute Gasteiger partial charge is 0.459 e. The Bertz CT molecular complexity index is 1580. The minimum atomic E-state index is -4.16. The van der Waals surface area contributed by atoms with Gasteiger partial charge in [-0.15, -0.1) is 0 Å². The third-order valence-corrected chi connectivity index (χ3v) is 9.50.